The molecule has 0 radical (unpaired) electrons. The molecule has 4 nitrogen and oxygen atoms in total. The molecule has 130 valence electrons. The van der Waals surface area contributed by atoms with Crippen LogP contribution in [0, 0.1) is 5.92 Å². The highest BCUT2D eigenvalue weighted by Crippen LogP contribution is 2.23. The smallest absolute Gasteiger partial charge is 0.253 e. The summed E-state index contributed by atoms with van der Waals surface area (Å²) in [6.45, 7) is 6.49. The Labute approximate surface area is 148 Å². The number of aromatic amines is 1. The van der Waals surface area contributed by atoms with Crippen molar-refractivity contribution in [3.63, 3.8) is 0 Å². The van der Waals surface area contributed by atoms with E-state index in [1.807, 2.05) is 36.5 Å². The molecule has 3 rings (SSSR count). The van der Waals surface area contributed by atoms with Gasteiger partial charge in [0.2, 0.25) is 0 Å². The van der Waals surface area contributed by atoms with E-state index in [4.69, 9.17) is 0 Å². The molecule has 2 N–H and O–H groups in total. The molecule has 0 bridgehead atoms. The van der Waals surface area contributed by atoms with E-state index >= 15 is 0 Å². The summed E-state index contributed by atoms with van der Waals surface area (Å²) in [5.74, 6) is 0.404. The first kappa shape index (κ1) is 17.2. The van der Waals surface area contributed by atoms with Crippen molar-refractivity contribution in [3.05, 3.63) is 66.0 Å². The molecule has 4 heteroatoms. The van der Waals surface area contributed by atoms with Gasteiger partial charge in [-0.3, -0.25) is 9.78 Å². The summed E-state index contributed by atoms with van der Waals surface area (Å²) < 4.78 is 0. The van der Waals surface area contributed by atoms with E-state index in [0.29, 0.717) is 11.5 Å². The maximum Gasteiger partial charge on any atom is 0.253 e. The molecule has 0 fully saturated rings. The minimum absolute atomic E-state index is 0.0805. The van der Waals surface area contributed by atoms with E-state index in [-0.39, 0.29) is 11.4 Å². The Morgan fingerprint density at radius 2 is 2.00 bits per heavy atom. The number of pyridine rings is 1. The number of aromatic nitrogens is 2. The van der Waals surface area contributed by atoms with Crippen molar-refractivity contribution in [2.45, 2.75) is 39.2 Å². The van der Waals surface area contributed by atoms with Crippen LogP contribution in [0.15, 0.2) is 54.9 Å². The van der Waals surface area contributed by atoms with Crippen LogP contribution in [0.25, 0.3) is 11.0 Å². The zero-order valence-electron chi connectivity index (χ0n) is 15.0. The zero-order valence-corrected chi connectivity index (χ0v) is 15.0. The molecule has 1 aromatic carbocycles. The first-order valence-electron chi connectivity index (χ1n) is 8.75. The molecule has 2 heterocycles. The fraction of sp³-hybridized carbons (Fsp3) is 0.333. The summed E-state index contributed by atoms with van der Waals surface area (Å²) in [5, 5.41) is 3.25. The fourth-order valence-electron chi connectivity index (χ4n) is 3.52. The van der Waals surface area contributed by atoms with Crippen molar-refractivity contribution in [1.82, 2.24) is 15.3 Å². The maximum atomic E-state index is 12.8. The van der Waals surface area contributed by atoms with Crippen LogP contribution in [0.5, 0.6) is 0 Å². The van der Waals surface area contributed by atoms with Gasteiger partial charge >= 0.3 is 0 Å². The van der Waals surface area contributed by atoms with Crippen molar-refractivity contribution >= 4 is 16.9 Å². The number of carbonyl (C=O) groups is 1. The van der Waals surface area contributed by atoms with Gasteiger partial charge in [0.25, 0.3) is 5.91 Å². The van der Waals surface area contributed by atoms with E-state index in [0.717, 1.165) is 23.9 Å². The number of rotatable bonds is 6. The molecule has 1 atom stereocenters. The van der Waals surface area contributed by atoms with Crippen LogP contribution < -0.4 is 5.32 Å². The molecular formula is C21H25N3O. The summed E-state index contributed by atoms with van der Waals surface area (Å²) in [5.41, 5.74) is 3.24. The topological polar surface area (TPSA) is 57.8 Å². The van der Waals surface area contributed by atoms with Crippen LogP contribution in [0.4, 0.5) is 0 Å². The van der Waals surface area contributed by atoms with Gasteiger partial charge < -0.3 is 10.3 Å². The molecular weight excluding hydrogens is 310 g/mol. The lowest BCUT2D eigenvalue weighted by atomic mass is 9.84. The van der Waals surface area contributed by atoms with Crippen molar-refractivity contribution in [2.75, 3.05) is 0 Å². The number of H-pyrrole nitrogens is 1. The third-order valence-corrected chi connectivity index (χ3v) is 4.37. The highest BCUT2D eigenvalue weighted by Gasteiger charge is 2.28. The molecule has 0 aliphatic carbocycles. The van der Waals surface area contributed by atoms with Gasteiger partial charge in [0.1, 0.15) is 0 Å². The molecule has 0 aliphatic rings. The average molecular weight is 335 g/mol. The van der Waals surface area contributed by atoms with E-state index < -0.39 is 0 Å². The lowest BCUT2D eigenvalue weighted by molar-refractivity contribution is 0.0894. The number of carbonyl (C=O) groups excluding carboxylic acids is 1. The van der Waals surface area contributed by atoms with E-state index in [2.05, 4.69) is 48.2 Å². The first-order valence-corrected chi connectivity index (χ1v) is 8.75. The Hall–Kier alpha value is -2.62. The zero-order chi connectivity index (χ0) is 17.9. The SMILES string of the molecule is CC(C)CC(C)(Cc1ccccc1)NC(=O)c1cnc2cc[nH]c2c1. The van der Waals surface area contributed by atoms with Gasteiger partial charge in [0.05, 0.1) is 16.6 Å². The predicted octanol–water partition coefficient (Wildman–Crippen LogP) is 4.34. The third-order valence-electron chi connectivity index (χ3n) is 4.37. The summed E-state index contributed by atoms with van der Waals surface area (Å²) >= 11 is 0. The van der Waals surface area contributed by atoms with Crippen molar-refractivity contribution in [2.24, 2.45) is 5.92 Å². The Morgan fingerprint density at radius 1 is 1.24 bits per heavy atom. The van der Waals surface area contributed by atoms with E-state index in [1.165, 1.54) is 5.56 Å². The third kappa shape index (κ3) is 4.27. The monoisotopic (exact) mass is 335 g/mol. The van der Waals surface area contributed by atoms with Crippen LogP contribution in [0.3, 0.4) is 0 Å². The molecule has 0 saturated heterocycles. The second-order valence-corrected chi connectivity index (χ2v) is 7.41. The minimum Gasteiger partial charge on any atom is -0.360 e. The largest absolute Gasteiger partial charge is 0.360 e. The standard InChI is InChI=1S/C21H25N3O/c1-15(2)12-21(3,13-16-7-5-4-6-8-16)24-20(25)17-11-19-18(23-14-17)9-10-22-19/h4-11,14-15,22H,12-13H2,1-3H3,(H,24,25). The number of fused-ring (bicyclic) bond motifs is 1. The summed E-state index contributed by atoms with van der Waals surface area (Å²) in [4.78, 5) is 20.3. The van der Waals surface area contributed by atoms with Crippen molar-refractivity contribution in [3.8, 4) is 0 Å². The fourth-order valence-corrected chi connectivity index (χ4v) is 3.52. The van der Waals surface area contributed by atoms with Crippen molar-refractivity contribution < 1.29 is 4.79 Å². The average Bonchev–Trinajstić information content (AvgIpc) is 3.02. The molecule has 0 saturated carbocycles. The van der Waals surface area contributed by atoms with Crippen LogP contribution in [-0.2, 0) is 6.42 Å². The Bertz CT molecular complexity index is 854. The molecule has 1 amide bonds. The summed E-state index contributed by atoms with van der Waals surface area (Å²) in [7, 11) is 0. The van der Waals surface area contributed by atoms with Crippen LogP contribution in [-0.4, -0.2) is 21.4 Å². The number of benzene rings is 1. The van der Waals surface area contributed by atoms with Gasteiger partial charge in [-0.05, 0) is 43.4 Å². The normalized spacial score (nSPS) is 13.8. The lowest BCUT2D eigenvalue weighted by Crippen LogP contribution is -2.48. The second-order valence-electron chi connectivity index (χ2n) is 7.41. The molecule has 0 spiro atoms. The quantitative estimate of drug-likeness (QED) is 0.704. The second kappa shape index (κ2) is 7.09. The number of nitrogens with one attached hydrogen (secondary N) is 2. The van der Waals surface area contributed by atoms with Gasteiger partial charge in [0, 0.05) is 17.9 Å². The minimum atomic E-state index is -0.308. The molecule has 25 heavy (non-hydrogen) atoms. The van der Waals surface area contributed by atoms with Gasteiger partial charge in [-0.25, -0.2) is 0 Å². The highest BCUT2D eigenvalue weighted by atomic mass is 16.1. The number of hydrogen-bond donors (Lipinski definition) is 2. The van der Waals surface area contributed by atoms with E-state index in [1.54, 1.807) is 6.20 Å². The van der Waals surface area contributed by atoms with Gasteiger partial charge in [0.15, 0.2) is 0 Å². The van der Waals surface area contributed by atoms with E-state index in [9.17, 15) is 4.79 Å². The molecule has 3 aromatic rings. The summed E-state index contributed by atoms with van der Waals surface area (Å²) in [6, 6.07) is 14.1. The Kier molecular flexibility index (Phi) is 4.88. The molecule has 0 aliphatic heterocycles. The highest BCUT2D eigenvalue weighted by molar-refractivity contribution is 5.97. The Balaban J connectivity index is 1.82. The lowest BCUT2D eigenvalue weighted by Gasteiger charge is -2.33. The first-order chi connectivity index (χ1) is 12.0. The predicted molar refractivity (Wildman–Crippen MR) is 102 cm³/mol. The maximum absolute atomic E-state index is 12.8. The molecule has 1 unspecified atom stereocenters. The molecule has 2 aromatic heterocycles. The number of nitrogens with zero attached hydrogens (tertiary/aromatic N) is 1. The van der Waals surface area contributed by atoms with Gasteiger partial charge in [-0.1, -0.05) is 44.2 Å². The van der Waals surface area contributed by atoms with Gasteiger partial charge in [-0.2, -0.15) is 0 Å². The Morgan fingerprint density at radius 3 is 2.72 bits per heavy atom. The number of hydrogen-bond acceptors (Lipinski definition) is 2. The number of amides is 1. The van der Waals surface area contributed by atoms with Crippen molar-refractivity contribution in [1.29, 1.82) is 0 Å². The van der Waals surface area contributed by atoms with Crippen LogP contribution in [0.1, 0.15) is 43.1 Å². The van der Waals surface area contributed by atoms with Crippen LogP contribution in [0.2, 0.25) is 0 Å². The summed E-state index contributed by atoms with van der Waals surface area (Å²) in [6.07, 6.45) is 5.18. The van der Waals surface area contributed by atoms with Gasteiger partial charge in [-0.15, -0.1) is 0 Å². The van der Waals surface area contributed by atoms with Crippen LogP contribution >= 0.6 is 0 Å².